The highest BCUT2D eigenvalue weighted by atomic mass is 16.5. The number of ether oxygens (including phenoxy) is 1. The summed E-state index contributed by atoms with van der Waals surface area (Å²) in [7, 11) is 1.83. The number of hydrogen-bond donors (Lipinski definition) is 1. The Morgan fingerprint density at radius 3 is 2.67 bits per heavy atom. The quantitative estimate of drug-likeness (QED) is 0.915. The van der Waals surface area contributed by atoms with Crippen LogP contribution in [0.4, 0.5) is 5.82 Å². The van der Waals surface area contributed by atoms with E-state index in [0.717, 1.165) is 24.6 Å². The van der Waals surface area contributed by atoms with Crippen molar-refractivity contribution in [3.63, 3.8) is 0 Å². The van der Waals surface area contributed by atoms with Gasteiger partial charge in [-0.05, 0) is 6.42 Å². The second-order valence-corrected chi connectivity index (χ2v) is 5.96. The van der Waals surface area contributed by atoms with Crippen LogP contribution in [-0.2, 0) is 12.0 Å². The first-order chi connectivity index (χ1) is 9.92. The van der Waals surface area contributed by atoms with Gasteiger partial charge in [0.15, 0.2) is 5.75 Å². The van der Waals surface area contributed by atoms with Gasteiger partial charge in [-0.25, -0.2) is 4.98 Å². The lowest BCUT2D eigenvalue weighted by Gasteiger charge is -2.18. The summed E-state index contributed by atoms with van der Waals surface area (Å²) in [5, 5.41) is 7.29. The maximum absolute atomic E-state index is 5.81. The zero-order valence-corrected chi connectivity index (χ0v) is 13.3. The molecule has 0 unspecified atom stereocenters. The minimum atomic E-state index is -0.142. The fraction of sp³-hybridized carbons (Fsp3) is 0.533. The second kappa shape index (κ2) is 6.11. The average molecular weight is 289 g/mol. The molecule has 6 heteroatoms. The molecule has 2 heterocycles. The van der Waals surface area contributed by atoms with Crippen molar-refractivity contribution in [3.8, 4) is 11.6 Å². The van der Waals surface area contributed by atoms with Crippen LogP contribution in [0.2, 0.25) is 0 Å². The third-order valence-corrected chi connectivity index (χ3v) is 2.91. The molecule has 0 radical (unpaired) electrons. The molecule has 0 aromatic carbocycles. The van der Waals surface area contributed by atoms with E-state index < -0.39 is 0 Å². The normalized spacial score (nSPS) is 11.5. The molecule has 0 saturated heterocycles. The summed E-state index contributed by atoms with van der Waals surface area (Å²) in [6.45, 7) is 9.21. The molecule has 21 heavy (non-hydrogen) atoms. The minimum Gasteiger partial charge on any atom is -0.436 e. The Morgan fingerprint density at radius 2 is 2.05 bits per heavy atom. The van der Waals surface area contributed by atoms with Crippen molar-refractivity contribution < 1.29 is 4.74 Å². The first-order valence-electron chi connectivity index (χ1n) is 7.20. The largest absolute Gasteiger partial charge is 0.436 e. The van der Waals surface area contributed by atoms with Crippen LogP contribution < -0.4 is 10.1 Å². The van der Waals surface area contributed by atoms with Crippen LogP contribution in [0.5, 0.6) is 11.6 Å². The summed E-state index contributed by atoms with van der Waals surface area (Å²) in [4.78, 5) is 8.97. The van der Waals surface area contributed by atoms with Gasteiger partial charge in [-0.1, -0.05) is 27.7 Å². The van der Waals surface area contributed by atoms with Crippen LogP contribution in [0.15, 0.2) is 18.5 Å². The van der Waals surface area contributed by atoms with Crippen LogP contribution in [-0.4, -0.2) is 26.8 Å². The van der Waals surface area contributed by atoms with E-state index in [1.807, 2.05) is 17.9 Å². The summed E-state index contributed by atoms with van der Waals surface area (Å²) < 4.78 is 7.67. The number of nitrogens with one attached hydrogen (secondary N) is 1. The van der Waals surface area contributed by atoms with E-state index in [2.05, 4.69) is 48.1 Å². The minimum absolute atomic E-state index is 0.142. The molecule has 2 rings (SSSR count). The monoisotopic (exact) mass is 289 g/mol. The number of nitrogens with zero attached hydrogens (tertiary/aromatic N) is 4. The highest BCUT2D eigenvalue weighted by molar-refractivity contribution is 5.39. The molecule has 2 aromatic heterocycles. The van der Waals surface area contributed by atoms with Gasteiger partial charge in [0.2, 0.25) is 5.88 Å². The molecule has 1 N–H and O–H groups in total. The Kier molecular flexibility index (Phi) is 4.45. The lowest BCUT2D eigenvalue weighted by molar-refractivity contribution is 0.445. The first kappa shape index (κ1) is 15.3. The lowest BCUT2D eigenvalue weighted by Crippen LogP contribution is -2.17. The van der Waals surface area contributed by atoms with E-state index in [-0.39, 0.29) is 5.41 Å². The van der Waals surface area contributed by atoms with E-state index in [1.54, 1.807) is 12.3 Å². The summed E-state index contributed by atoms with van der Waals surface area (Å²) in [5.41, 5.74) is -0.142. The average Bonchev–Trinajstić information content (AvgIpc) is 2.85. The maximum Gasteiger partial charge on any atom is 0.224 e. The Balaban J connectivity index is 2.25. The van der Waals surface area contributed by atoms with Crippen molar-refractivity contribution >= 4 is 5.82 Å². The molecule has 2 aromatic rings. The van der Waals surface area contributed by atoms with Crippen molar-refractivity contribution in [3.05, 3.63) is 24.3 Å². The summed E-state index contributed by atoms with van der Waals surface area (Å²) in [6.07, 6.45) is 4.61. The molecule has 114 valence electrons. The highest BCUT2D eigenvalue weighted by Gasteiger charge is 2.19. The van der Waals surface area contributed by atoms with Crippen LogP contribution >= 0.6 is 0 Å². The van der Waals surface area contributed by atoms with Crippen LogP contribution in [0.3, 0.4) is 0 Å². The molecule has 0 fully saturated rings. The van der Waals surface area contributed by atoms with E-state index in [0.29, 0.717) is 11.6 Å². The second-order valence-electron chi connectivity index (χ2n) is 5.96. The zero-order chi connectivity index (χ0) is 15.5. The van der Waals surface area contributed by atoms with Gasteiger partial charge in [0, 0.05) is 25.1 Å². The molecule has 0 aliphatic carbocycles. The SMILES string of the molecule is CCCn1cc(Oc2cc(NC)nc(C(C)(C)C)n2)cn1. The van der Waals surface area contributed by atoms with E-state index in [9.17, 15) is 0 Å². The van der Waals surface area contributed by atoms with Crippen molar-refractivity contribution in [2.45, 2.75) is 46.1 Å². The summed E-state index contributed by atoms with van der Waals surface area (Å²) >= 11 is 0. The van der Waals surface area contributed by atoms with Gasteiger partial charge < -0.3 is 10.1 Å². The van der Waals surface area contributed by atoms with Gasteiger partial charge in [-0.15, -0.1) is 0 Å². The van der Waals surface area contributed by atoms with Gasteiger partial charge in [0.05, 0.1) is 12.4 Å². The Hall–Kier alpha value is -2.11. The molecule has 0 amide bonds. The Bertz CT molecular complexity index is 600. The molecular formula is C15H23N5O. The highest BCUT2D eigenvalue weighted by Crippen LogP contribution is 2.26. The van der Waals surface area contributed by atoms with Crippen molar-refractivity contribution in [1.29, 1.82) is 0 Å². The van der Waals surface area contributed by atoms with Crippen molar-refractivity contribution in [2.24, 2.45) is 0 Å². The van der Waals surface area contributed by atoms with E-state index in [4.69, 9.17) is 4.74 Å². The van der Waals surface area contributed by atoms with Gasteiger partial charge in [0.1, 0.15) is 11.6 Å². The summed E-state index contributed by atoms with van der Waals surface area (Å²) in [5.74, 6) is 2.69. The molecule has 0 aliphatic heterocycles. The smallest absolute Gasteiger partial charge is 0.224 e. The molecule has 0 atom stereocenters. The van der Waals surface area contributed by atoms with E-state index in [1.165, 1.54) is 0 Å². The molecular weight excluding hydrogens is 266 g/mol. The van der Waals surface area contributed by atoms with Gasteiger partial charge in [0.25, 0.3) is 0 Å². The third kappa shape index (κ3) is 3.93. The predicted octanol–water partition coefficient (Wildman–Crippen LogP) is 3.21. The molecule has 0 bridgehead atoms. The van der Waals surface area contributed by atoms with Crippen LogP contribution in [0, 0.1) is 0 Å². The number of aryl methyl sites for hydroxylation is 1. The fourth-order valence-corrected chi connectivity index (χ4v) is 1.81. The topological polar surface area (TPSA) is 64.9 Å². The van der Waals surface area contributed by atoms with Gasteiger partial charge in [-0.2, -0.15) is 10.1 Å². The maximum atomic E-state index is 5.81. The molecule has 0 spiro atoms. The summed E-state index contributed by atoms with van der Waals surface area (Å²) in [6, 6.07) is 1.78. The van der Waals surface area contributed by atoms with Crippen molar-refractivity contribution in [1.82, 2.24) is 19.7 Å². The van der Waals surface area contributed by atoms with E-state index >= 15 is 0 Å². The van der Waals surface area contributed by atoms with Crippen molar-refractivity contribution in [2.75, 3.05) is 12.4 Å². The van der Waals surface area contributed by atoms with Crippen LogP contribution in [0.1, 0.15) is 39.9 Å². The number of aromatic nitrogens is 4. The fourth-order valence-electron chi connectivity index (χ4n) is 1.81. The first-order valence-corrected chi connectivity index (χ1v) is 7.20. The molecule has 0 saturated carbocycles. The molecule has 0 aliphatic rings. The standard InChI is InChI=1S/C15H23N5O/c1-6-7-20-10-11(9-17-20)21-13-8-12(16-5)18-14(19-13)15(2,3)4/h8-10H,6-7H2,1-5H3,(H,16,18,19). The number of anilines is 1. The third-order valence-electron chi connectivity index (χ3n) is 2.91. The Labute approximate surface area is 125 Å². The lowest BCUT2D eigenvalue weighted by atomic mass is 9.96. The zero-order valence-electron chi connectivity index (χ0n) is 13.3. The Morgan fingerprint density at radius 1 is 1.29 bits per heavy atom. The number of rotatable bonds is 5. The predicted molar refractivity (Wildman–Crippen MR) is 82.9 cm³/mol. The molecule has 6 nitrogen and oxygen atoms in total. The van der Waals surface area contributed by atoms with Gasteiger partial charge in [-0.3, -0.25) is 4.68 Å². The van der Waals surface area contributed by atoms with Gasteiger partial charge >= 0.3 is 0 Å². The number of hydrogen-bond acceptors (Lipinski definition) is 5. The van der Waals surface area contributed by atoms with Crippen LogP contribution in [0.25, 0.3) is 0 Å².